The maximum absolute atomic E-state index is 12.9. The maximum atomic E-state index is 12.9. The molecule has 0 aliphatic carbocycles. The Morgan fingerprint density at radius 2 is 0.793 bits per heavy atom. The molecule has 0 aromatic heterocycles. The zero-order valence-electron chi connectivity index (χ0n) is 32.2. The normalized spacial score (nSPS) is 11.0. The molecule has 12 nitrogen and oxygen atoms in total. The van der Waals surface area contributed by atoms with E-state index < -0.39 is 11.9 Å². The van der Waals surface area contributed by atoms with Crippen LogP contribution in [0.1, 0.15) is 46.4 Å². The number of ether oxygens (including phenoxy) is 6. The van der Waals surface area contributed by atoms with Gasteiger partial charge in [0.2, 0.25) is 0 Å². The minimum atomic E-state index is -0.585. The molecule has 0 fully saturated rings. The molecule has 58 heavy (non-hydrogen) atoms. The van der Waals surface area contributed by atoms with Gasteiger partial charge in [0.1, 0.15) is 23.0 Å². The lowest BCUT2D eigenvalue weighted by atomic mass is 10.2. The molecule has 5 aromatic rings. The Hall–Kier alpha value is -6.76. The van der Waals surface area contributed by atoms with Gasteiger partial charge in [0, 0.05) is 19.3 Å². The summed E-state index contributed by atoms with van der Waals surface area (Å²) in [6.07, 6.45) is 7.08. The van der Waals surface area contributed by atoms with E-state index in [9.17, 15) is 9.59 Å². The first-order valence-corrected chi connectivity index (χ1v) is 18.9. The number of hydrogen-bond donors (Lipinski definition) is 0. The van der Waals surface area contributed by atoms with Gasteiger partial charge in [-0.05, 0) is 135 Å². The Morgan fingerprint density at radius 3 is 1.16 bits per heavy atom. The molecular formula is C46H46N4O8. The topological polar surface area (TPSA) is 139 Å². The van der Waals surface area contributed by atoms with Crippen molar-refractivity contribution in [2.45, 2.75) is 25.7 Å². The minimum absolute atomic E-state index is 0.212. The van der Waals surface area contributed by atoms with E-state index in [-0.39, 0.29) is 11.5 Å². The Kier molecular flexibility index (Phi) is 17.5. The van der Waals surface area contributed by atoms with Gasteiger partial charge in [-0.25, -0.2) is 9.59 Å². The molecule has 298 valence electrons. The Labute approximate surface area is 338 Å². The largest absolute Gasteiger partial charge is 0.494 e. The van der Waals surface area contributed by atoms with Gasteiger partial charge in [0.15, 0.2) is 0 Å². The highest BCUT2D eigenvalue weighted by atomic mass is 16.5. The van der Waals surface area contributed by atoms with Crippen LogP contribution in [0, 0.1) is 0 Å². The summed E-state index contributed by atoms with van der Waals surface area (Å²) in [6, 6.07) is 34.0. The summed E-state index contributed by atoms with van der Waals surface area (Å²) < 4.78 is 33.4. The molecule has 0 amide bonds. The lowest BCUT2D eigenvalue weighted by Crippen LogP contribution is -2.10. The van der Waals surface area contributed by atoms with Crippen LogP contribution in [0.5, 0.6) is 23.0 Å². The lowest BCUT2D eigenvalue weighted by molar-refractivity contribution is 0.0733. The molecular weight excluding hydrogens is 737 g/mol. The van der Waals surface area contributed by atoms with Crippen LogP contribution in [0.2, 0.25) is 0 Å². The summed E-state index contributed by atoms with van der Waals surface area (Å²) in [4.78, 5) is 25.8. The second-order valence-electron chi connectivity index (χ2n) is 12.6. The first-order valence-electron chi connectivity index (χ1n) is 18.9. The predicted molar refractivity (Wildman–Crippen MR) is 222 cm³/mol. The molecule has 5 aromatic carbocycles. The summed E-state index contributed by atoms with van der Waals surface area (Å²) in [6.45, 7) is 10.9. The molecule has 0 bridgehead atoms. The fourth-order valence-electron chi connectivity index (χ4n) is 5.04. The van der Waals surface area contributed by atoms with Crippen molar-refractivity contribution in [3.8, 4) is 23.0 Å². The van der Waals surface area contributed by atoms with Gasteiger partial charge in [-0.2, -0.15) is 20.5 Å². The van der Waals surface area contributed by atoms with Crippen LogP contribution in [-0.2, 0) is 9.47 Å². The summed E-state index contributed by atoms with van der Waals surface area (Å²) in [5.74, 6) is 0.757. The number of esters is 2. The quantitative estimate of drug-likeness (QED) is 0.0198. The van der Waals surface area contributed by atoms with Gasteiger partial charge < -0.3 is 28.4 Å². The average Bonchev–Trinajstić information content (AvgIpc) is 3.25. The molecule has 0 N–H and O–H groups in total. The van der Waals surface area contributed by atoms with Crippen molar-refractivity contribution in [2.75, 3.05) is 39.6 Å². The Morgan fingerprint density at radius 1 is 0.448 bits per heavy atom. The zero-order valence-corrected chi connectivity index (χ0v) is 32.2. The molecule has 0 unspecified atom stereocenters. The highest BCUT2D eigenvalue weighted by molar-refractivity contribution is 5.92. The van der Waals surface area contributed by atoms with E-state index >= 15 is 0 Å². The third-order valence-electron chi connectivity index (χ3n) is 8.04. The van der Waals surface area contributed by atoms with E-state index in [2.05, 4.69) is 33.6 Å². The van der Waals surface area contributed by atoms with Crippen molar-refractivity contribution in [2.24, 2.45) is 20.5 Å². The second-order valence-corrected chi connectivity index (χ2v) is 12.6. The van der Waals surface area contributed by atoms with E-state index in [0.717, 1.165) is 37.2 Å². The van der Waals surface area contributed by atoms with Crippen LogP contribution < -0.4 is 18.9 Å². The van der Waals surface area contributed by atoms with E-state index in [1.807, 2.05) is 48.5 Å². The molecule has 0 saturated heterocycles. The number of hydrogen-bond acceptors (Lipinski definition) is 12. The third kappa shape index (κ3) is 15.1. The van der Waals surface area contributed by atoms with Crippen LogP contribution in [0.4, 0.5) is 22.7 Å². The van der Waals surface area contributed by atoms with Gasteiger partial charge in [0.25, 0.3) is 0 Å². The van der Waals surface area contributed by atoms with Gasteiger partial charge in [-0.15, -0.1) is 13.2 Å². The van der Waals surface area contributed by atoms with Crippen LogP contribution in [0.3, 0.4) is 0 Å². The van der Waals surface area contributed by atoms with Crippen molar-refractivity contribution >= 4 is 34.7 Å². The second kappa shape index (κ2) is 24.0. The minimum Gasteiger partial charge on any atom is -0.494 e. The van der Waals surface area contributed by atoms with Crippen LogP contribution in [0.15, 0.2) is 167 Å². The van der Waals surface area contributed by atoms with Crippen molar-refractivity contribution < 1.29 is 38.0 Å². The smallest absolute Gasteiger partial charge is 0.343 e. The monoisotopic (exact) mass is 782 g/mol. The molecule has 0 aliphatic rings. The summed E-state index contributed by atoms with van der Waals surface area (Å²) >= 11 is 0. The fraction of sp³-hybridized carbons (Fsp3) is 0.217. The van der Waals surface area contributed by atoms with Gasteiger partial charge >= 0.3 is 11.9 Å². The number of carbonyl (C=O) groups excluding carboxylic acids is 2. The molecule has 0 radical (unpaired) electrons. The first-order chi connectivity index (χ1) is 28.5. The SMILES string of the molecule is C=CCOCCCCOc1ccc(N=Nc2ccc(C(=O)Oc3cccc(OC(=O)c4ccc(N=Nc5ccc(OCCCCOCC=C)cc5)cc4)c3)cc2)cc1. The van der Waals surface area contributed by atoms with Crippen LogP contribution >= 0.6 is 0 Å². The van der Waals surface area contributed by atoms with E-state index in [4.69, 9.17) is 28.4 Å². The predicted octanol–water partition coefficient (Wildman–Crippen LogP) is 11.7. The van der Waals surface area contributed by atoms with E-state index in [1.165, 1.54) is 6.07 Å². The Bertz CT molecular complexity index is 1950. The lowest BCUT2D eigenvalue weighted by Gasteiger charge is -2.08. The van der Waals surface area contributed by atoms with Gasteiger partial charge in [-0.1, -0.05) is 18.2 Å². The average molecular weight is 783 g/mol. The van der Waals surface area contributed by atoms with E-state index in [1.54, 1.807) is 78.9 Å². The summed E-state index contributed by atoms with van der Waals surface area (Å²) in [5.41, 5.74) is 3.06. The number of azo groups is 2. The first kappa shape index (κ1) is 42.4. The number of unbranched alkanes of at least 4 members (excludes halogenated alkanes) is 2. The third-order valence-corrected chi connectivity index (χ3v) is 8.04. The van der Waals surface area contributed by atoms with E-state index in [0.29, 0.717) is 73.5 Å². The molecule has 0 saturated carbocycles. The molecule has 0 atom stereocenters. The molecule has 0 heterocycles. The molecule has 5 rings (SSSR count). The highest BCUT2D eigenvalue weighted by Gasteiger charge is 2.12. The number of benzene rings is 5. The molecule has 0 spiro atoms. The van der Waals surface area contributed by atoms with Crippen molar-refractivity contribution in [3.63, 3.8) is 0 Å². The fourth-order valence-corrected chi connectivity index (χ4v) is 5.04. The van der Waals surface area contributed by atoms with Crippen LogP contribution in [-0.4, -0.2) is 51.6 Å². The standard InChI is InChI=1S/C46H46N4O8/c1-3-28-53-30-5-7-32-55-41-24-20-39(21-25-41)49-47-37-16-12-35(13-17-37)45(51)57-43-10-9-11-44(34-43)58-46(52)36-14-18-38(19-15-36)48-50-40-22-26-42(27-23-40)56-33-8-6-31-54-29-4-2/h3-4,9-27,34H,1-2,5-8,28-33H2. The van der Waals surface area contributed by atoms with Crippen molar-refractivity contribution in [1.82, 2.24) is 0 Å². The van der Waals surface area contributed by atoms with Gasteiger partial charge in [0.05, 0.1) is 60.3 Å². The summed E-state index contributed by atoms with van der Waals surface area (Å²) in [5, 5.41) is 17.0. The molecule has 12 heteroatoms. The van der Waals surface area contributed by atoms with Crippen molar-refractivity contribution in [3.05, 3.63) is 158 Å². The zero-order chi connectivity index (χ0) is 40.6. The maximum Gasteiger partial charge on any atom is 0.343 e. The van der Waals surface area contributed by atoms with Crippen LogP contribution in [0.25, 0.3) is 0 Å². The number of carbonyl (C=O) groups is 2. The molecule has 0 aliphatic heterocycles. The summed E-state index contributed by atoms with van der Waals surface area (Å²) in [7, 11) is 0. The van der Waals surface area contributed by atoms with Crippen molar-refractivity contribution in [1.29, 1.82) is 0 Å². The van der Waals surface area contributed by atoms with Gasteiger partial charge in [-0.3, -0.25) is 0 Å². The number of nitrogens with zero attached hydrogens (tertiary/aromatic N) is 4. The number of rotatable bonds is 24. The highest BCUT2D eigenvalue weighted by Crippen LogP contribution is 2.26. The Balaban J connectivity index is 1.04.